The summed E-state index contributed by atoms with van der Waals surface area (Å²) in [6, 6.07) is 12.0. The Hall–Kier alpha value is -3.53. The molecule has 3 aromatic rings. The van der Waals surface area contributed by atoms with E-state index in [4.69, 9.17) is 15.2 Å². The SMILES string of the molecule is N[C@H](CCC(=O)N[C@H](Cc1c[nH]c2ccccc12)C(=O)Oc1ccc2c(c1)CCC2)C(=O)CCCN1CCOCC1. The number of nitrogens with two attached hydrogens (primary N) is 1. The number of benzene rings is 2. The average Bonchev–Trinajstić information content (AvgIpc) is 3.63. The molecule has 9 heteroatoms. The second kappa shape index (κ2) is 13.9. The van der Waals surface area contributed by atoms with Crippen LogP contribution in [0.4, 0.5) is 0 Å². The lowest BCUT2D eigenvalue weighted by atomic mass is 10.0. The first-order valence-corrected chi connectivity index (χ1v) is 14.7. The number of H-pyrrole nitrogens is 1. The van der Waals surface area contributed by atoms with E-state index in [2.05, 4.69) is 15.2 Å². The van der Waals surface area contributed by atoms with Crippen molar-refractivity contribution < 1.29 is 23.9 Å². The molecule has 1 aliphatic carbocycles. The average molecular weight is 561 g/mol. The predicted molar refractivity (Wildman–Crippen MR) is 157 cm³/mol. The Bertz CT molecular complexity index is 1360. The molecule has 2 atom stereocenters. The number of morpholine rings is 1. The number of aromatic nitrogens is 1. The molecule has 218 valence electrons. The number of nitrogens with zero attached hydrogens (tertiary/aromatic N) is 1. The second-order valence-electron chi connectivity index (χ2n) is 11.1. The van der Waals surface area contributed by atoms with E-state index in [0.29, 0.717) is 12.2 Å². The summed E-state index contributed by atoms with van der Waals surface area (Å²) in [6.45, 7) is 4.06. The van der Waals surface area contributed by atoms with Crippen molar-refractivity contribution >= 4 is 28.6 Å². The number of ether oxygens (including phenoxy) is 2. The van der Waals surface area contributed by atoms with Crippen molar-refractivity contribution in [1.82, 2.24) is 15.2 Å². The molecule has 0 unspecified atom stereocenters. The molecule has 0 saturated carbocycles. The van der Waals surface area contributed by atoms with E-state index >= 15 is 0 Å². The monoisotopic (exact) mass is 560 g/mol. The zero-order chi connectivity index (χ0) is 28.6. The van der Waals surface area contributed by atoms with Crippen molar-refractivity contribution in [2.75, 3.05) is 32.8 Å². The molecule has 0 bridgehead atoms. The van der Waals surface area contributed by atoms with E-state index in [1.54, 1.807) is 0 Å². The molecular formula is C32H40N4O5. The standard InChI is InChI=1S/C32H40N4O5/c33-27(30(37)9-4-14-36-15-17-40-18-16-36)12-13-31(38)35-29(20-24-21-34-28-8-2-1-7-26(24)28)32(39)41-25-11-10-22-5-3-6-23(22)19-25/h1-2,7-8,10-11,19,21,27,29,34H,3-6,9,12-18,20,33H2,(H,35,38)/t27-,29-/m1/s1. The summed E-state index contributed by atoms with van der Waals surface area (Å²) < 4.78 is 11.1. The van der Waals surface area contributed by atoms with Crippen LogP contribution in [0.1, 0.15) is 48.8 Å². The van der Waals surface area contributed by atoms with Gasteiger partial charge in [0.1, 0.15) is 17.6 Å². The predicted octanol–water partition coefficient (Wildman–Crippen LogP) is 3.08. The van der Waals surface area contributed by atoms with Gasteiger partial charge in [-0.05, 0) is 73.5 Å². The van der Waals surface area contributed by atoms with Gasteiger partial charge in [-0.15, -0.1) is 0 Å². The number of nitrogens with one attached hydrogen (secondary N) is 2. The molecule has 1 saturated heterocycles. The molecule has 1 aromatic heterocycles. The van der Waals surface area contributed by atoms with Crippen molar-refractivity contribution in [2.24, 2.45) is 5.73 Å². The van der Waals surface area contributed by atoms with Crippen LogP contribution < -0.4 is 15.8 Å². The summed E-state index contributed by atoms with van der Waals surface area (Å²) >= 11 is 0. The van der Waals surface area contributed by atoms with Gasteiger partial charge in [0.25, 0.3) is 0 Å². The van der Waals surface area contributed by atoms with Crippen LogP contribution in [0.25, 0.3) is 10.9 Å². The van der Waals surface area contributed by atoms with Crippen LogP contribution in [-0.4, -0.2) is 72.5 Å². The number of aromatic amines is 1. The largest absolute Gasteiger partial charge is 0.425 e. The summed E-state index contributed by atoms with van der Waals surface area (Å²) in [5, 5.41) is 3.85. The number of carbonyl (C=O) groups is 3. The Morgan fingerprint density at radius 2 is 1.85 bits per heavy atom. The van der Waals surface area contributed by atoms with Gasteiger partial charge in [0.05, 0.1) is 19.3 Å². The first kappa shape index (κ1) is 29.0. The Labute approximate surface area is 240 Å². The van der Waals surface area contributed by atoms with Crippen LogP contribution in [0, 0.1) is 0 Å². The van der Waals surface area contributed by atoms with Gasteiger partial charge >= 0.3 is 5.97 Å². The molecule has 5 rings (SSSR count). The number of carbonyl (C=O) groups excluding carboxylic acids is 3. The van der Waals surface area contributed by atoms with Crippen LogP contribution in [0.2, 0.25) is 0 Å². The Morgan fingerprint density at radius 1 is 1.05 bits per heavy atom. The number of para-hydroxylation sites is 1. The molecular weight excluding hydrogens is 520 g/mol. The minimum absolute atomic E-state index is 0.0441. The molecule has 1 fully saturated rings. The molecule has 2 aromatic carbocycles. The molecule has 2 aliphatic rings. The number of fused-ring (bicyclic) bond motifs is 2. The van der Waals surface area contributed by atoms with E-state index in [-0.39, 0.29) is 31.0 Å². The van der Waals surface area contributed by atoms with E-state index in [9.17, 15) is 14.4 Å². The summed E-state index contributed by atoms with van der Waals surface area (Å²) in [5.41, 5.74) is 10.5. The van der Waals surface area contributed by atoms with Crippen LogP contribution in [-0.2, 0) is 38.4 Å². The number of ketones is 1. The minimum Gasteiger partial charge on any atom is -0.425 e. The maximum atomic E-state index is 13.4. The fourth-order valence-electron chi connectivity index (χ4n) is 5.71. The highest BCUT2D eigenvalue weighted by Crippen LogP contribution is 2.27. The number of hydrogen-bond donors (Lipinski definition) is 3. The third-order valence-electron chi connectivity index (χ3n) is 8.10. The van der Waals surface area contributed by atoms with E-state index in [0.717, 1.165) is 75.0 Å². The first-order chi connectivity index (χ1) is 20.0. The third-order valence-corrected chi connectivity index (χ3v) is 8.10. The van der Waals surface area contributed by atoms with Crippen molar-refractivity contribution in [3.8, 4) is 5.75 Å². The molecule has 0 radical (unpaired) electrons. The maximum absolute atomic E-state index is 13.4. The fraction of sp³-hybridized carbons (Fsp3) is 0.469. The van der Waals surface area contributed by atoms with Crippen LogP contribution in [0.5, 0.6) is 5.75 Å². The number of esters is 1. The highest BCUT2D eigenvalue weighted by atomic mass is 16.5. The van der Waals surface area contributed by atoms with Gasteiger partial charge in [-0.3, -0.25) is 14.5 Å². The number of hydrogen-bond acceptors (Lipinski definition) is 7. The van der Waals surface area contributed by atoms with Gasteiger partial charge in [0.2, 0.25) is 5.91 Å². The Kier molecular flexibility index (Phi) is 9.82. The lowest BCUT2D eigenvalue weighted by Gasteiger charge is -2.26. The highest BCUT2D eigenvalue weighted by molar-refractivity contribution is 5.89. The van der Waals surface area contributed by atoms with Gasteiger partial charge in [-0.25, -0.2) is 4.79 Å². The smallest absolute Gasteiger partial charge is 0.334 e. The molecule has 41 heavy (non-hydrogen) atoms. The van der Waals surface area contributed by atoms with Crippen molar-refractivity contribution in [1.29, 1.82) is 0 Å². The molecule has 1 amide bonds. The van der Waals surface area contributed by atoms with Gasteiger partial charge in [0, 0.05) is 49.5 Å². The molecule has 4 N–H and O–H groups in total. The van der Waals surface area contributed by atoms with E-state index < -0.39 is 18.1 Å². The summed E-state index contributed by atoms with van der Waals surface area (Å²) in [6.07, 6.45) is 6.64. The normalized spacial score (nSPS) is 16.7. The summed E-state index contributed by atoms with van der Waals surface area (Å²) in [7, 11) is 0. The molecule has 1 aliphatic heterocycles. The lowest BCUT2D eigenvalue weighted by molar-refractivity contribution is -0.139. The number of amides is 1. The number of rotatable bonds is 13. The third kappa shape index (κ3) is 7.81. The van der Waals surface area contributed by atoms with E-state index in [1.807, 2.05) is 48.7 Å². The molecule has 0 spiro atoms. The minimum atomic E-state index is -0.893. The topological polar surface area (TPSA) is 127 Å². The summed E-state index contributed by atoms with van der Waals surface area (Å²) in [5.74, 6) is -0.418. The molecule has 2 heterocycles. The quantitative estimate of drug-likeness (QED) is 0.217. The van der Waals surface area contributed by atoms with E-state index in [1.165, 1.54) is 11.1 Å². The van der Waals surface area contributed by atoms with Crippen molar-refractivity contribution in [3.05, 3.63) is 65.4 Å². The van der Waals surface area contributed by atoms with Gasteiger partial charge in [-0.2, -0.15) is 0 Å². The number of aryl methyl sites for hydroxylation is 2. The second-order valence-corrected chi connectivity index (χ2v) is 11.1. The van der Waals surface area contributed by atoms with Gasteiger partial charge < -0.3 is 25.5 Å². The Morgan fingerprint density at radius 3 is 2.71 bits per heavy atom. The van der Waals surface area contributed by atoms with Crippen LogP contribution >= 0.6 is 0 Å². The lowest BCUT2D eigenvalue weighted by Crippen LogP contribution is -2.45. The Balaban J connectivity index is 1.17. The van der Waals surface area contributed by atoms with Gasteiger partial charge in [-0.1, -0.05) is 24.3 Å². The van der Waals surface area contributed by atoms with Gasteiger partial charge in [0.15, 0.2) is 0 Å². The van der Waals surface area contributed by atoms with Crippen molar-refractivity contribution in [3.63, 3.8) is 0 Å². The fourth-order valence-corrected chi connectivity index (χ4v) is 5.71. The maximum Gasteiger partial charge on any atom is 0.334 e. The van der Waals surface area contributed by atoms with Crippen molar-refractivity contribution in [2.45, 2.75) is 63.5 Å². The zero-order valence-electron chi connectivity index (χ0n) is 23.5. The number of Topliss-reactive ketones (excluding diaryl/α,β-unsaturated/α-hetero) is 1. The first-order valence-electron chi connectivity index (χ1n) is 14.7. The zero-order valence-corrected chi connectivity index (χ0v) is 23.5. The van der Waals surface area contributed by atoms with Crippen LogP contribution in [0.15, 0.2) is 48.7 Å². The highest BCUT2D eigenvalue weighted by Gasteiger charge is 2.26. The molecule has 9 nitrogen and oxygen atoms in total. The summed E-state index contributed by atoms with van der Waals surface area (Å²) in [4.78, 5) is 44.4. The van der Waals surface area contributed by atoms with Crippen LogP contribution in [0.3, 0.4) is 0 Å².